The molecule has 0 aliphatic carbocycles. The summed E-state index contributed by atoms with van der Waals surface area (Å²) in [6.45, 7) is 9.52. The zero-order chi connectivity index (χ0) is 50.9. The highest BCUT2D eigenvalue weighted by atomic mass is 19.3. The summed E-state index contributed by atoms with van der Waals surface area (Å²) in [4.78, 5) is 47.0. The molecule has 2 amide bonds. The molecule has 10 rings (SSSR count). The smallest absolute Gasteiger partial charge is 0.286 e. The van der Waals surface area contributed by atoms with Crippen LogP contribution < -0.4 is 20.4 Å². The second-order valence-corrected chi connectivity index (χ2v) is 18.9. The fourth-order valence-corrected chi connectivity index (χ4v) is 9.89. The van der Waals surface area contributed by atoms with Crippen LogP contribution >= 0.6 is 0 Å². The lowest BCUT2D eigenvalue weighted by Crippen LogP contribution is -2.54. The number of aliphatic hydroxyl groups excluding tert-OH is 2. The molecule has 0 bridgehead atoms. The van der Waals surface area contributed by atoms with Crippen molar-refractivity contribution < 1.29 is 46.8 Å². The number of halogens is 4. The topological polar surface area (TPSA) is 175 Å². The predicted octanol–water partition coefficient (Wildman–Crippen LogP) is 8.37. The first kappa shape index (κ1) is 50.1. The van der Waals surface area contributed by atoms with Crippen LogP contribution in [0, 0.1) is 25.7 Å². The highest BCUT2D eigenvalue weighted by Gasteiger charge is 2.39. The van der Waals surface area contributed by atoms with Gasteiger partial charge in [0.15, 0.2) is 0 Å². The predicted molar refractivity (Wildman–Crippen MR) is 265 cm³/mol. The summed E-state index contributed by atoms with van der Waals surface area (Å²) in [5.41, 5.74) is 10.1. The second-order valence-electron chi connectivity index (χ2n) is 18.9. The summed E-state index contributed by atoms with van der Waals surface area (Å²) in [5.74, 6) is -7.09. The summed E-state index contributed by atoms with van der Waals surface area (Å²) >= 11 is 0. The molecular formula is C54H56F4N8O6. The van der Waals surface area contributed by atoms with Crippen molar-refractivity contribution in [2.75, 3.05) is 73.2 Å². The van der Waals surface area contributed by atoms with Crippen LogP contribution in [0.3, 0.4) is 0 Å². The largest absolute Gasteiger partial charge is 0.396 e. The Labute approximate surface area is 414 Å². The number of aromatic nitrogens is 4. The van der Waals surface area contributed by atoms with Gasteiger partial charge >= 0.3 is 0 Å². The molecular weight excluding hydrogens is 933 g/mol. The van der Waals surface area contributed by atoms with E-state index >= 15 is 0 Å². The van der Waals surface area contributed by atoms with E-state index in [1.807, 2.05) is 50.5 Å². The molecule has 2 fully saturated rings. The van der Waals surface area contributed by atoms with Gasteiger partial charge in [-0.15, -0.1) is 0 Å². The van der Waals surface area contributed by atoms with E-state index in [4.69, 9.17) is 19.4 Å². The van der Waals surface area contributed by atoms with Gasteiger partial charge < -0.3 is 40.1 Å². The second kappa shape index (κ2) is 20.7. The van der Waals surface area contributed by atoms with Crippen LogP contribution in [0.2, 0.25) is 0 Å². The number of pyridine rings is 4. The third-order valence-electron chi connectivity index (χ3n) is 13.9. The third-order valence-corrected chi connectivity index (χ3v) is 13.9. The molecule has 72 heavy (non-hydrogen) atoms. The Bertz CT molecular complexity index is 2790. The molecule has 4 aromatic heterocycles. The third kappa shape index (κ3) is 10.7. The van der Waals surface area contributed by atoms with Crippen molar-refractivity contribution in [3.8, 4) is 22.3 Å². The summed E-state index contributed by atoms with van der Waals surface area (Å²) in [5, 5.41) is 25.4. The van der Waals surface area contributed by atoms with E-state index in [0.717, 1.165) is 95.2 Å². The average Bonchev–Trinajstić information content (AvgIpc) is 3.38. The lowest BCUT2D eigenvalue weighted by Gasteiger charge is -2.45. The quantitative estimate of drug-likeness (QED) is 0.0968. The summed E-state index contributed by atoms with van der Waals surface area (Å²) in [6, 6.07) is 20.6. The normalized spacial score (nSPS) is 19.4. The zero-order valence-electron chi connectivity index (χ0n) is 40.3. The number of aliphatic hydroxyl groups is 2. The number of nitrogens with one attached hydrogen (secondary N) is 2. The van der Waals surface area contributed by atoms with Gasteiger partial charge in [-0.3, -0.25) is 29.5 Å². The minimum atomic E-state index is -3.14. The lowest BCUT2D eigenvalue weighted by atomic mass is 9.87. The van der Waals surface area contributed by atoms with E-state index in [1.54, 1.807) is 12.1 Å². The number of nitrogens with zero attached hydrogens (tertiary/aromatic N) is 6. The highest BCUT2D eigenvalue weighted by molar-refractivity contribution is 6.05. The maximum Gasteiger partial charge on any atom is 0.286 e. The maximum atomic E-state index is 13.7. The van der Waals surface area contributed by atoms with Crippen LogP contribution in [0.25, 0.3) is 22.3 Å². The molecule has 2 aromatic carbocycles. The van der Waals surface area contributed by atoms with Gasteiger partial charge in [0.2, 0.25) is 0 Å². The molecule has 8 heterocycles. The first-order valence-electron chi connectivity index (χ1n) is 23.9. The number of anilines is 4. The highest BCUT2D eigenvalue weighted by Crippen LogP contribution is 2.40. The molecule has 6 aromatic rings. The van der Waals surface area contributed by atoms with Gasteiger partial charge in [-0.2, -0.15) is 17.6 Å². The van der Waals surface area contributed by atoms with Crippen molar-refractivity contribution in [3.05, 3.63) is 143 Å². The minimum Gasteiger partial charge on any atom is -0.396 e. The number of carbonyl (C=O) groups is 2. The van der Waals surface area contributed by atoms with Crippen LogP contribution in [-0.4, -0.2) is 107 Å². The van der Waals surface area contributed by atoms with E-state index in [-0.39, 0.29) is 48.3 Å². The first-order chi connectivity index (χ1) is 34.5. The van der Waals surface area contributed by atoms with Crippen LogP contribution in [0.15, 0.2) is 97.6 Å². The number of amides is 2. The van der Waals surface area contributed by atoms with Crippen molar-refractivity contribution >= 4 is 34.6 Å². The summed E-state index contributed by atoms with van der Waals surface area (Å²) in [7, 11) is 0. The zero-order valence-corrected chi connectivity index (χ0v) is 40.3. The Morgan fingerprint density at radius 3 is 1.43 bits per heavy atom. The van der Waals surface area contributed by atoms with Gasteiger partial charge in [-0.1, -0.05) is 12.1 Å². The van der Waals surface area contributed by atoms with E-state index in [2.05, 4.69) is 42.5 Å². The molecule has 0 spiro atoms. The van der Waals surface area contributed by atoms with Gasteiger partial charge in [0.1, 0.15) is 11.4 Å². The van der Waals surface area contributed by atoms with Gasteiger partial charge in [-0.05, 0) is 110 Å². The standard InChI is InChI=1S/2C27H28F2N4O3/c2*1-16-3-4-20(32-26(35)17-5-6-30-25(11-17)27(2,28)29)12-21(16)18-10-23-22(31-13-18)9-19(14-34)24-15-36-8-7-33(23)24/h2*3-6,10-13,19,24,34H,7-9,14-15H2,1-2H3,(H,32,35)/t2*19-,24-/m10/s1. The number of aryl methyl sites for hydroxylation is 2. The maximum absolute atomic E-state index is 13.7. The molecule has 0 unspecified atom stereocenters. The SMILES string of the molecule is Cc1ccc(NC(=O)c2ccnc(C(C)(F)F)c2)cc1-c1cnc2c(c1)N1CCOC[C@@H]1[C@@H](CO)C2.Cc1ccc(NC(=O)c2ccnc(C(C)(F)F)c2)cc1-c1cnc2c(c1)N1CCOC[C@H]1[C@H](CO)C2. The van der Waals surface area contributed by atoms with Crippen LogP contribution in [0.1, 0.15) is 68.5 Å². The molecule has 18 heteroatoms. The van der Waals surface area contributed by atoms with Crippen molar-refractivity contribution in [3.63, 3.8) is 0 Å². The van der Waals surface area contributed by atoms with Gasteiger partial charge in [0.05, 0.1) is 61.3 Å². The molecule has 4 aliphatic heterocycles. The molecule has 0 saturated carbocycles. The van der Waals surface area contributed by atoms with E-state index in [9.17, 15) is 37.4 Å². The number of carbonyl (C=O) groups excluding carboxylic acids is 2. The number of alkyl halides is 4. The number of ether oxygens (including phenoxy) is 2. The molecule has 2 saturated heterocycles. The summed E-state index contributed by atoms with van der Waals surface area (Å²) < 4.78 is 66.0. The van der Waals surface area contributed by atoms with Crippen molar-refractivity contribution in [1.82, 2.24) is 19.9 Å². The van der Waals surface area contributed by atoms with E-state index < -0.39 is 35.0 Å². The van der Waals surface area contributed by atoms with Crippen LogP contribution in [0.4, 0.5) is 40.3 Å². The number of hydrogen-bond donors (Lipinski definition) is 4. The van der Waals surface area contributed by atoms with Gasteiger partial charge in [0, 0.05) is 110 Å². The number of hydrogen-bond acceptors (Lipinski definition) is 12. The molecule has 4 atom stereocenters. The van der Waals surface area contributed by atoms with Crippen LogP contribution in [0.5, 0.6) is 0 Å². The van der Waals surface area contributed by atoms with Crippen molar-refractivity contribution in [1.29, 1.82) is 0 Å². The van der Waals surface area contributed by atoms with Gasteiger partial charge in [-0.25, -0.2) is 0 Å². The molecule has 4 aliphatic rings. The molecule has 0 radical (unpaired) electrons. The van der Waals surface area contributed by atoms with Crippen molar-refractivity contribution in [2.24, 2.45) is 11.8 Å². The molecule has 376 valence electrons. The fraction of sp³-hybridized carbons (Fsp3) is 0.370. The molecule has 14 nitrogen and oxygen atoms in total. The minimum absolute atomic E-state index is 0.0813. The first-order valence-corrected chi connectivity index (χ1v) is 23.9. The lowest BCUT2D eigenvalue weighted by molar-refractivity contribution is 0.0120. The Hall–Kier alpha value is -6.86. The Morgan fingerprint density at radius 2 is 1.04 bits per heavy atom. The Kier molecular flexibility index (Phi) is 14.4. The van der Waals surface area contributed by atoms with E-state index in [1.165, 1.54) is 24.5 Å². The number of rotatable bonds is 10. The Morgan fingerprint density at radius 1 is 0.625 bits per heavy atom. The van der Waals surface area contributed by atoms with Crippen molar-refractivity contribution in [2.45, 2.75) is 64.5 Å². The Balaban J connectivity index is 0.000000178. The number of morpholine rings is 2. The summed E-state index contributed by atoms with van der Waals surface area (Å²) in [6.07, 6.45) is 7.44. The van der Waals surface area contributed by atoms with Crippen LogP contribution in [-0.2, 0) is 34.2 Å². The number of fused-ring (bicyclic) bond motifs is 6. The van der Waals surface area contributed by atoms with Gasteiger partial charge in [0.25, 0.3) is 23.7 Å². The average molecular weight is 989 g/mol. The fourth-order valence-electron chi connectivity index (χ4n) is 9.89. The van der Waals surface area contributed by atoms with E-state index in [0.29, 0.717) is 50.6 Å². The molecule has 4 N–H and O–H groups in total. The monoisotopic (exact) mass is 988 g/mol. The number of benzene rings is 2.